The third kappa shape index (κ3) is 3.95. The van der Waals surface area contributed by atoms with Gasteiger partial charge in [-0.2, -0.15) is 0 Å². The van der Waals surface area contributed by atoms with E-state index in [0.717, 1.165) is 12.1 Å². The number of hydrogen-bond acceptors (Lipinski definition) is 1. The van der Waals surface area contributed by atoms with E-state index in [2.05, 4.69) is 5.32 Å². The fraction of sp³-hybridized carbons (Fsp3) is 0.385. The van der Waals surface area contributed by atoms with E-state index in [0.29, 0.717) is 11.4 Å². The van der Waals surface area contributed by atoms with Crippen LogP contribution in [0.3, 0.4) is 0 Å². The minimum absolute atomic E-state index is 0.134. The Balaban J connectivity index is 2.55. The molecule has 0 saturated heterocycles. The first kappa shape index (κ1) is 13.2. The van der Waals surface area contributed by atoms with Crippen molar-refractivity contribution in [3.05, 3.63) is 47.3 Å². The topological polar surface area (TPSA) is 12.0 Å². The van der Waals surface area contributed by atoms with Crippen LogP contribution in [0.4, 0.5) is 4.39 Å². The zero-order chi connectivity index (χ0) is 12.0. The van der Waals surface area contributed by atoms with Gasteiger partial charge < -0.3 is 5.32 Å². The van der Waals surface area contributed by atoms with E-state index in [1.807, 2.05) is 25.1 Å². The molecule has 1 aromatic carbocycles. The van der Waals surface area contributed by atoms with Crippen LogP contribution in [0, 0.1) is 12.7 Å². The molecule has 3 heteroatoms. The second kappa shape index (κ2) is 6.66. The lowest BCUT2D eigenvalue weighted by Gasteiger charge is -2.13. The van der Waals surface area contributed by atoms with Crippen molar-refractivity contribution in [3.8, 4) is 0 Å². The number of rotatable bonds is 5. The van der Waals surface area contributed by atoms with Crippen LogP contribution in [0.1, 0.15) is 24.1 Å². The normalized spacial score (nSPS) is 13.2. The van der Waals surface area contributed by atoms with Gasteiger partial charge in [0.25, 0.3) is 0 Å². The summed E-state index contributed by atoms with van der Waals surface area (Å²) in [6.07, 6.45) is 3.85. The van der Waals surface area contributed by atoms with Crippen LogP contribution in [-0.4, -0.2) is 12.4 Å². The molecular formula is C13H17ClFN. The Hall–Kier alpha value is -0.860. The molecule has 88 valence electrons. The van der Waals surface area contributed by atoms with E-state index in [9.17, 15) is 4.39 Å². The van der Waals surface area contributed by atoms with Gasteiger partial charge in [0.05, 0.1) is 0 Å². The van der Waals surface area contributed by atoms with Crippen molar-refractivity contribution >= 4 is 11.6 Å². The predicted molar refractivity (Wildman–Crippen MR) is 67.4 cm³/mol. The molecule has 0 saturated carbocycles. The first-order chi connectivity index (χ1) is 7.65. The largest absolute Gasteiger partial charge is 0.307 e. The van der Waals surface area contributed by atoms with Crippen LogP contribution in [0.25, 0.3) is 0 Å². The molecule has 1 atom stereocenters. The van der Waals surface area contributed by atoms with E-state index in [1.165, 1.54) is 0 Å². The zero-order valence-electron chi connectivity index (χ0n) is 9.63. The number of halogens is 2. The Morgan fingerprint density at radius 3 is 2.81 bits per heavy atom. The van der Waals surface area contributed by atoms with Crippen molar-refractivity contribution < 1.29 is 4.39 Å². The number of hydrogen-bond donors (Lipinski definition) is 1. The standard InChI is InChI=1S/C13H17ClFN/c1-10-5-6-12(9-13(10)15)11(2)16-8-4-3-7-14/h3-6,9,11,16H,7-8H2,1-2H3/b4-3+. The number of aryl methyl sites for hydroxylation is 1. The van der Waals surface area contributed by atoms with E-state index in [1.54, 1.807) is 19.1 Å². The van der Waals surface area contributed by atoms with Gasteiger partial charge in [0, 0.05) is 18.5 Å². The summed E-state index contributed by atoms with van der Waals surface area (Å²) >= 11 is 5.51. The maximum atomic E-state index is 13.3. The molecule has 0 bridgehead atoms. The highest BCUT2D eigenvalue weighted by atomic mass is 35.5. The second-order valence-electron chi connectivity index (χ2n) is 3.76. The highest BCUT2D eigenvalue weighted by Gasteiger charge is 2.05. The summed E-state index contributed by atoms with van der Waals surface area (Å²) in [5, 5.41) is 3.27. The third-order valence-electron chi connectivity index (χ3n) is 2.49. The molecule has 0 aromatic heterocycles. The first-order valence-electron chi connectivity index (χ1n) is 5.35. The van der Waals surface area contributed by atoms with Gasteiger partial charge in [-0.1, -0.05) is 24.3 Å². The van der Waals surface area contributed by atoms with Crippen molar-refractivity contribution in [2.45, 2.75) is 19.9 Å². The summed E-state index contributed by atoms with van der Waals surface area (Å²) in [7, 11) is 0. The lowest BCUT2D eigenvalue weighted by atomic mass is 10.1. The van der Waals surface area contributed by atoms with Crippen LogP contribution in [-0.2, 0) is 0 Å². The highest BCUT2D eigenvalue weighted by Crippen LogP contribution is 2.15. The monoisotopic (exact) mass is 241 g/mol. The Kier molecular flexibility index (Phi) is 5.50. The second-order valence-corrected chi connectivity index (χ2v) is 4.07. The Bertz CT molecular complexity index is 363. The Morgan fingerprint density at radius 2 is 2.19 bits per heavy atom. The fourth-order valence-corrected chi connectivity index (χ4v) is 1.51. The van der Waals surface area contributed by atoms with Gasteiger partial charge >= 0.3 is 0 Å². The highest BCUT2D eigenvalue weighted by molar-refractivity contribution is 6.18. The maximum Gasteiger partial charge on any atom is 0.126 e. The first-order valence-corrected chi connectivity index (χ1v) is 5.89. The molecule has 16 heavy (non-hydrogen) atoms. The average Bonchev–Trinajstić information content (AvgIpc) is 2.28. The summed E-state index contributed by atoms with van der Waals surface area (Å²) in [6.45, 7) is 4.52. The van der Waals surface area contributed by atoms with Crippen molar-refractivity contribution in [2.24, 2.45) is 0 Å². The number of alkyl halides is 1. The van der Waals surface area contributed by atoms with Gasteiger partial charge in [-0.15, -0.1) is 11.6 Å². The molecule has 0 aliphatic rings. The van der Waals surface area contributed by atoms with Crippen LogP contribution in [0.5, 0.6) is 0 Å². The molecule has 1 unspecified atom stereocenters. The lowest BCUT2D eigenvalue weighted by molar-refractivity contribution is 0.590. The molecular weight excluding hydrogens is 225 g/mol. The van der Waals surface area contributed by atoms with Gasteiger partial charge in [0.15, 0.2) is 0 Å². The van der Waals surface area contributed by atoms with Crippen molar-refractivity contribution in [1.82, 2.24) is 5.32 Å². The molecule has 0 heterocycles. The quantitative estimate of drug-likeness (QED) is 0.614. The van der Waals surface area contributed by atoms with Crippen molar-refractivity contribution in [3.63, 3.8) is 0 Å². The van der Waals surface area contributed by atoms with E-state index in [-0.39, 0.29) is 11.9 Å². The van der Waals surface area contributed by atoms with E-state index >= 15 is 0 Å². The van der Waals surface area contributed by atoms with E-state index < -0.39 is 0 Å². The zero-order valence-corrected chi connectivity index (χ0v) is 10.4. The minimum Gasteiger partial charge on any atom is -0.307 e. The Morgan fingerprint density at radius 1 is 1.44 bits per heavy atom. The number of nitrogens with one attached hydrogen (secondary N) is 1. The van der Waals surface area contributed by atoms with Crippen LogP contribution >= 0.6 is 11.6 Å². The predicted octanol–water partition coefficient (Wildman–Crippen LogP) is 3.58. The molecule has 0 radical (unpaired) electrons. The SMILES string of the molecule is Cc1ccc(C(C)NC/C=C/CCl)cc1F. The molecule has 1 N–H and O–H groups in total. The van der Waals surface area contributed by atoms with Gasteiger partial charge in [-0.3, -0.25) is 0 Å². The summed E-state index contributed by atoms with van der Waals surface area (Å²) < 4.78 is 13.3. The summed E-state index contributed by atoms with van der Waals surface area (Å²) in [5.74, 6) is 0.373. The smallest absolute Gasteiger partial charge is 0.126 e. The summed E-state index contributed by atoms with van der Waals surface area (Å²) in [5.41, 5.74) is 1.64. The van der Waals surface area contributed by atoms with Crippen LogP contribution in [0.2, 0.25) is 0 Å². The van der Waals surface area contributed by atoms with Gasteiger partial charge in [-0.05, 0) is 31.0 Å². The van der Waals surface area contributed by atoms with Crippen molar-refractivity contribution in [2.75, 3.05) is 12.4 Å². The molecule has 0 spiro atoms. The molecule has 1 nitrogen and oxygen atoms in total. The molecule has 0 amide bonds. The van der Waals surface area contributed by atoms with Crippen molar-refractivity contribution in [1.29, 1.82) is 0 Å². The molecule has 0 aliphatic heterocycles. The average molecular weight is 242 g/mol. The molecule has 1 rings (SSSR count). The van der Waals surface area contributed by atoms with Crippen LogP contribution in [0.15, 0.2) is 30.4 Å². The minimum atomic E-state index is -0.151. The maximum absolute atomic E-state index is 13.3. The number of allylic oxidation sites excluding steroid dienone is 1. The third-order valence-corrected chi connectivity index (χ3v) is 2.67. The van der Waals surface area contributed by atoms with E-state index in [4.69, 9.17) is 11.6 Å². The summed E-state index contributed by atoms with van der Waals surface area (Å²) in [4.78, 5) is 0. The Labute approximate surface area is 101 Å². The van der Waals surface area contributed by atoms with Crippen LogP contribution < -0.4 is 5.32 Å². The summed E-state index contributed by atoms with van der Waals surface area (Å²) in [6, 6.07) is 5.46. The lowest BCUT2D eigenvalue weighted by Crippen LogP contribution is -2.18. The molecule has 0 fully saturated rings. The molecule has 0 aliphatic carbocycles. The van der Waals surface area contributed by atoms with Gasteiger partial charge in [0.1, 0.15) is 5.82 Å². The molecule has 1 aromatic rings. The number of benzene rings is 1. The van der Waals surface area contributed by atoms with Gasteiger partial charge in [-0.25, -0.2) is 4.39 Å². The fourth-order valence-electron chi connectivity index (χ4n) is 1.39. The van der Waals surface area contributed by atoms with Gasteiger partial charge in [0.2, 0.25) is 0 Å².